The summed E-state index contributed by atoms with van der Waals surface area (Å²) in [4.78, 5) is -0.271. The number of hydrogen-bond acceptors (Lipinski definition) is 3. The molecule has 2 nitrogen and oxygen atoms in total. The second-order valence-electron chi connectivity index (χ2n) is 3.84. The third-order valence-electron chi connectivity index (χ3n) is 2.30. The number of rotatable bonds is 5. The molecule has 3 N–H and O–H groups in total. The van der Waals surface area contributed by atoms with Gasteiger partial charge in [-0.15, -0.1) is 0 Å². The molecule has 1 aromatic rings. The molecule has 118 valence electrons. The number of thiocarbonyl (C=S) groups is 1. The Hall–Kier alpha value is -1.16. The Morgan fingerprint density at radius 3 is 2.29 bits per heavy atom. The maximum absolute atomic E-state index is 12.6. The van der Waals surface area contributed by atoms with Gasteiger partial charge in [-0.05, 0) is 30.0 Å². The highest BCUT2D eigenvalue weighted by molar-refractivity contribution is 8.00. The van der Waals surface area contributed by atoms with Gasteiger partial charge in [-0.2, -0.15) is 26.3 Å². The highest BCUT2D eigenvalue weighted by Gasteiger charge is 2.31. The topological polar surface area (TPSA) is 38.0 Å². The van der Waals surface area contributed by atoms with E-state index < -0.39 is 17.2 Å². The van der Waals surface area contributed by atoms with Crippen LogP contribution in [0.4, 0.5) is 32.0 Å². The molecule has 0 spiro atoms. The van der Waals surface area contributed by atoms with Gasteiger partial charge in [0.25, 0.3) is 0 Å². The lowest BCUT2D eigenvalue weighted by Crippen LogP contribution is -2.17. The minimum absolute atomic E-state index is 0.0585. The van der Waals surface area contributed by atoms with Crippen molar-refractivity contribution >= 4 is 34.7 Å². The second-order valence-corrected chi connectivity index (χ2v) is 5.44. The number of hydrogen-bond donors (Lipinski definition) is 2. The van der Waals surface area contributed by atoms with E-state index in [0.717, 1.165) is 18.2 Å². The van der Waals surface area contributed by atoms with Crippen LogP contribution in [0.5, 0.6) is 0 Å². The highest BCUT2D eigenvalue weighted by Crippen LogP contribution is 2.32. The van der Waals surface area contributed by atoms with Crippen LogP contribution in [0.2, 0.25) is 0 Å². The van der Waals surface area contributed by atoms with Crippen molar-refractivity contribution in [3.63, 3.8) is 0 Å². The van der Waals surface area contributed by atoms with Crippen molar-refractivity contribution in [2.75, 3.05) is 17.6 Å². The van der Waals surface area contributed by atoms with E-state index >= 15 is 0 Å². The van der Waals surface area contributed by atoms with E-state index in [1.165, 1.54) is 0 Å². The molecule has 0 atom stereocenters. The summed E-state index contributed by atoms with van der Waals surface area (Å²) >= 11 is 4.42. The summed E-state index contributed by atoms with van der Waals surface area (Å²) in [6.45, 7) is -0.0921. The maximum atomic E-state index is 12.6. The fourth-order valence-corrected chi connectivity index (χ4v) is 2.04. The summed E-state index contributed by atoms with van der Waals surface area (Å²) in [5.41, 5.74) is 0.162. The van der Waals surface area contributed by atoms with Crippen LogP contribution in [0.1, 0.15) is 11.1 Å². The lowest BCUT2D eigenvalue weighted by Gasteiger charge is -2.14. The van der Waals surface area contributed by atoms with Crippen LogP contribution in [0.25, 0.3) is 0 Å². The first-order valence-corrected chi connectivity index (χ1v) is 6.85. The van der Waals surface area contributed by atoms with Crippen LogP contribution in [-0.2, 0) is 6.18 Å². The summed E-state index contributed by atoms with van der Waals surface area (Å²) in [5, 5.41) is 2.59. The first-order chi connectivity index (χ1) is 9.50. The van der Waals surface area contributed by atoms with Crippen LogP contribution in [0.15, 0.2) is 18.2 Å². The van der Waals surface area contributed by atoms with Crippen molar-refractivity contribution in [1.29, 1.82) is 0 Å². The molecule has 10 heteroatoms. The van der Waals surface area contributed by atoms with E-state index in [-0.39, 0.29) is 40.3 Å². The quantitative estimate of drug-likeness (QED) is 0.479. The van der Waals surface area contributed by atoms with Gasteiger partial charge in [0.1, 0.15) is 4.99 Å². The molecular formula is C11H10F6N2S2. The number of benzene rings is 1. The van der Waals surface area contributed by atoms with Crippen molar-refractivity contribution in [2.24, 2.45) is 5.73 Å². The van der Waals surface area contributed by atoms with E-state index in [0.29, 0.717) is 0 Å². The van der Waals surface area contributed by atoms with Crippen molar-refractivity contribution in [3.8, 4) is 0 Å². The van der Waals surface area contributed by atoms with Gasteiger partial charge >= 0.3 is 11.7 Å². The third kappa shape index (κ3) is 6.00. The zero-order chi connectivity index (χ0) is 16.3. The second kappa shape index (κ2) is 6.73. The highest BCUT2D eigenvalue weighted by atomic mass is 32.2. The Kier molecular flexibility index (Phi) is 5.74. The predicted octanol–water partition coefficient (Wildman–Crippen LogP) is 4.00. The Labute approximate surface area is 126 Å². The minimum atomic E-state index is -4.55. The van der Waals surface area contributed by atoms with E-state index in [1.54, 1.807) is 0 Å². The summed E-state index contributed by atoms with van der Waals surface area (Å²) < 4.78 is 73.5. The first-order valence-electron chi connectivity index (χ1n) is 5.46. The van der Waals surface area contributed by atoms with E-state index in [4.69, 9.17) is 5.73 Å². The monoisotopic (exact) mass is 348 g/mol. The van der Waals surface area contributed by atoms with Gasteiger partial charge in [0.2, 0.25) is 0 Å². The average molecular weight is 348 g/mol. The summed E-state index contributed by atoms with van der Waals surface area (Å²) in [6, 6.07) is 2.66. The van der Waals surface area contributed by atoms with Crippen LogP contribution in [0, 0.1) is 0 Å². The molecule has 0 radical (unpaired) electrons. The van der Waals surface area contributed by atoms with Crippen LogP contribution in [0.3, 0.4) is 0 Å². The molecule has 0 amide bonds. The number of nitrogens with two attached hydrogens (primary N) is 1. The zero-order valence-electron chi connectivity index (χ0n) is 10.3. The zero-order valence-corrected chi connectivity index (χ0v) is 11.9. The molecular weight excluding hydrogens is 338 g/mol. The van der Waals surface area contributed by atoms with E-state index in [1.807, 2.05) is 0 Å². The predicted molar refractivity (Wildman–Crippen MR) is 74.3 cm³/mol. The van der Waals surface area contributed by atoms with Gasteiger partial charge in [0.05, 0.1) is 5.56 Å². The standard InChI is InChI=1S/C11H10F6N2S2/c12-10(13,14)6-1-2-8(7(5-6)9(18)20)19-3-4-21-11(15,16)17/h1-2,5,19H,3-4H2,(H2,18,20). The Balaban J connectivity index is 2.81. The normalized spacial score (nSPS) is 12.3. The average Bonchev–Trinajstić information content (AvgIpc) is 2.32. The van der Waals surface area contributed by atoms with Gasteiger partial charge in [-0.3, -0.25) is 0 Å². The summed E-state index contributed by atoms with van der Waals surface area (Å²) in [5.74, 6) is -0.290. The van der Waals surface area contributed by atoms with Crippen molar-refractivity contribution < 1.29 is 26.3 Å². The maximum Gasteiger partial charge on any atom is 0.441 e. The van der Waals surface area contributed by atoms with Crippen molar-refractivity contribution in [2.45, 2.75) is 11.7 Å². The van der Waals surface area contributed by atoms with Gasteiger partial charge in [0.15, 0.2) is 0 Å². The number of thioether (sulfide) groups is 1. The molecule has 0 aliphatic heterocycles. The van der Waals surface area contributed by atoms with Crippen LogP contribution < -0.4 is 11.1 Å². The first kappa shape index (κ1) is 17.9. The van der Waals surface area contributed by atoms with Gasteiger partial charge in [-0.1, -0.05) is 12.2 Å². The van der Waals surface area contributed by atoms with E-state index in [2.05, 4.69) is 17.5 Å². The fraction of sp³-hybridized carbons (Fsp3) is 0.364. The molecule has 1 aromatic carbocycles. The number of alkyl halides is 6. The molecule has 0 unspecified atom stereocenters. The van der Waals surface area contributed by atoms with Gasteiger partial charge in [0, 0.05) is 23.5 Å². The SMILES string of the molecule is NC(=S)c1cc(C(F)(F)F)ccc1NCCSC(F)(F)F. The lowest BCUT2D eigenvalue weighted by molar-refractivity contribution is -0.137. The number of anilines is 1. The van der Waals surface area contributed by atoms with Crippen LogP contribution >= 0.6 is 24.0 Å². The summed E-state index contributed by atoms with van der Waals surface area (Å²) in [7, 11) is 0. The molecule has 1 rings (SSSR count). The molecule has 0 saturated carbocycles. The molecule has 0 aliphatic carbocycles. The van der Waals surface area contributed by atoms with Gasteiger partial charge in [-0.25, -0.2) is 0 Å². The molecule has 0 fully saturated rings. The van der Waals surface area contributed by atoms with Crippen molar-refractivity contribution in [3.05, 3.63) is 29.3 Å². The van der Waals surface area contributed by atoms with Crippen molar-refractivity contribution in [1.82, 2.24) is 0 Å². The molecule has 0 heterocycles. The molecule has 0 saturated heterocycles. The summed E-state index contributed by atoms with van der Waals surface area (Å²) in [6.07, 6.45) is -4.55. The molecule has 0 aromatic heterocycles. The number of halogens is 6. The smallest absolute Gasteiger partial charge is 0.389 e. The fourth-order valence-electron chi connectivity index (χ4n) is 1.43. The van der Waals surface area contributed by atoms with E-state index in [9.17, 15) is 26.3 Å². The molecule has 0 bridgehead atoms. The molecule has 0 aliphatic rings. The third-order valence-corrected chi connectivity index (χ3v) is 3.25. The molecule has 21 heavy (non-hydrogen) atoms. The van der Waals surface area contributed by atoms with Crippen LogP contribution in [-0.4, -0.2) is 22.8 Å². The Morgan fingerprint density at radius 1 is 1.19 bits per heavy atom. The largest absolute Gasteiger partial charge is 0.441 e. The minimum Gasteiger partial charge on any atom is -0.389 e. The Bertz CT molecular complexity index is 512. The number of nitrogens with one attached hydrogen (secondary N) is 1. The Morgan fingerprint density at radius 2 is 1.81 bits per heavy atom. The lowest BCUT2D eigenvalue weighted by atomic mass is 10.1. The van der Waals surface area contributed by atoms with Gasteiger partial charge < -0.3 is 11.1 Å².